The maximum atomic E-state index is 8.60. The lowest BCUT2D eigenvalue weighted by atomic mass is 10.4. The molecule has 0 aromatic carbocycles. The van der Waals surface area contributed by atoms with Crippen LogP contribution in [0.2, 0.25) is 0 Å². The van der Waals surface area contributed by atoms with Crippen molar-refractivity contribution in [3.63, 3.8) is 0 Å². The number of hydrogen-bond acceptors (Lipinski definition) is 7. The lowest BCUT2D eigenvalue weighted by Gasteiger charge is -1.86. The summed E-state index contributed by atoms with van der Waals surface area (Å²) in [4.78, 5) is 7.59. The Labute approximate surface area is 71.3 Å². The molecule has 0 fully saturated rings. The molecule has 1 N–H and O–H groups in total. The lowest BCUT2D eigenvalue weighted by Crippen LogP contribution is -2.23. The van der Waals surface area contributed by atoms with Crippen LogP contribution in [0.1, 0.15) is 5.69 Å². The number of hydrogen-bond donors (Lipinski definition) is 1. The van der Waals surface area contributed by atoms with Gasteiger partial charge in [-0.2, -0.15) is 5.26 Å². The molecular formula is C6HN7. The van der Waals surface area contributed by atoms with Crippen LogP contribution in [0, 0.1) is 16.7 Å². The standard InChI is InChI=1S/C6HN7/c7-1-3-4(2-8)10-6-5(9-3)11-13-12-6/h7H. The molecule has 0 spiro atoms. The zero-order valence-corrected chi connectivity index (χ0v) is 6.18. The molecule has 7 nitrogen and oxygen atoms in total. The van der Waals surface area contributed by atoms with E-state index in [-0.39, 0.29) is 22.3 Å². The first kappa shape index (κ1) is 7.21. The first-order valence-corrected chi connectivity index (χ1v) is 3.22. The van der Waals surface area contributed by atoms with Crippen molar-refractivity contribution < 1.29 is 0 Å². The summed E-state index contributed by atoms with van der Waals surface area (Å²) in [5.41, 5.74) is 0.209. The summed E-state index contributed by atoms with van der Waals surface area (Å²) in [6.45, 7) is 0. The average molecular weight is 171 g/mol. The molecule has 7 heteroatoms. The fourth-order valence-corrected chi connectivity index (χ4v) is 0.824. The minimum Gasteiger partial charge on any atom is -0.257 e. The molecule has 0 amide bonds. The van der Waals surface area contributed by atoms with Crippen molar-refractivity contribution in [1.82, 2.24) is 9.97 Å². The Bertz CT molecular complexity index is 572. The molecule has 60 valence electrons. The highest BCUT2D eigenvalue weighted by molar-refractivity contribution is 5.50. The summed E-state index contributed by atoms with van der Waals surface area (Å²) in [7, 11) is 0. The lowest BCUT2D eigenvalue weighted by molar-refractivity contribution is 1.03. The van der Waals surface area contributed by atoms with Crippen LogP contribution in [-0.2, 0) is 0 Å². The van der Waals surface area contributed by atoms with Crippen molar-refractivity contribution in [2.45, 2.75) is 0 Å². The molecule has 0 radical (unpaired) electrons. The van der Waals surface area contributed by atoms with Gasteiger partial charge in [-0.3, -0.25) is 5.41 Å². The molecule has 1 aromatic heterocycles. The van der Waals surface area contributed by atoms with E-state index in [1.807, 2.05) is 5.87 Å². The number of aromatic nitrogens is 2. The molecule has 0 aliphatic carbocycles. The quantitative estimate of drug-likeness (QED) is 0.500. The molecule has 13 heavy (non-hydrogen) atoms. The second-order valence-corrected chi connectivity index (χ2v) is 2.09. The molecule has 0 atom stereocenters. The van der Waals surface area contributed by atoms with Gasteiger partial charge in [-0.15, -0.1) is 10.2 Å². The monoisotopic (exact) mass is 171 g/mol. The highest BCUT2D eigenvalue weighted by atomic mass is 15.4. The third-order valence-corrected chi connectivity index (χ3v) is 1.36. The van der Waals surface area contributed by atoms with E-state index < -0.39 is 0 Å². The summed E-state index contributed by atoms with van der Waals surface area (Å²) in [5.74, 6) is 2.20. The Hall–Kier alpha value is -2.45. The van der Waals surface area contributed by atoms with E-state index in [4.69, 9.17) is 10.7 Å². The van der Waals surface area contributed by atoms with E-state index in [2.05, 4.69) is 25.4 Å². The summed E-state index contributed by atoms with van der Waals surface area (Å²) in [5, 5.41) is 25.9. The van der Waals surface area contributed by atoms with Crippen LogP contribution in [0.4, 0.5) is 5.82 Å². The fourth-order valence-electron chi connectivity index (χ4n) is 0.824. The van der Waals surface area contributed by atoms with E-state index in [0.29, 0.717) is 0 Å². The summed E-state index contributed by atoms with van der Waals surface area (Å²) < 4.78 is 0. The Balaban J connectivity index is 2.94. The Morgan fingerprint density at radius 2 is 2.15 bits per heavy atom. The molecule has 2 rings (SSSR count). The normalized spacial score (nSPS) is 11.3. The molecule has 0 saturated carbocycles. The maximum Gasteiger partial charge on any atom is 0.224 e. The molecule has 0 unspecified atom stereocenters. The first-order valence-electron chi connectivity index (χ1n) is 3.22. The van der Waals surface area contributed by atoms with Gasteiger partial charge in [0.15, 0.2) is 11.0 Å². The second-order valence-electron chi connectivity index (χ2n) is 2.09. The highest BCUT2D eigenvalue weighted by Crippen LogP contribution is 2.01. The van der Waals surface area contributed by atoms with Gasteiger partial charge < -0.3 is 0 Å². The van der Waals surface area contributed by atoms with Crippen molar-refractivity contribution >= 4 is 11.7 Å². The van der Waals surface area contributed by atoms with Gasteiger partial charge in [0.25, 0.3) is 0 Å². The van der Waals surface area contributed by atoms with E-state index >= 15 is 0 Å². The molecule has 0 saturated heterocycles. The first-order chi connectivity index (χ1) is 6.35. The van der Waals surface area contributed by atoms with Crippen LogP contribution in [-0.4, -0.2) is 15.8 Å². The average Bonchev–Trinajstić information content (AvgIpc) is 2.62. The zero-order chi connectivity index (χ0) is 9.26. The summed E-state index contributed by atoms with van der Waals surface area (Å²) in [6, 6.07) is 1.78. The van der Waals surface area contributed by atoms with Crippen molar-refractivity contribution in [2.75, 3.05) is 0 Å². The van der Waals surface area contributed by atoms with Crippen LogP contribution in [0.15, 0.2) is 15.4 Å². The smallest absolute Gasteiger partial charge is 0.224 e. The largest absolute Gasteiger partial charge is 0.257 e. The Morgan fingerprint density at radius 1 is 1.31 bits per heavy atom. The van der Waals surface area contributed by atoms with Crippen LogP contribution < -0.4 is 10.8 Å². The van der Waals surface area contributed by atoms with Crippen LogP contribution in [0.3, 0.4) is 0 Å². The predicted octanol–water partition coefficient (Wildman–Crippen LogP) is -1.10. The van der Waals surface area contributed by atoms with Gasteiger partial charge in [-0.1, -0.05) is 0 Å². The van der Waals surface area contributed by atoms with E-state index in [1.165, 1.54) is 0 Å². The molecule has 0 bridgehead atoms. The van der Waals surface area contributed by atoms with Crippen LogP contribution in [0.5, 0.6) is 0 Å². The molecule has 1 aliphatic rings. The molecule has 1 aliphatic heterocycles. The Kier molecular flexibility index (Phi) is 1.41. The second kappa shape index (κ2) is 2.55. The van der Waals surface area contributed by atoms with Gasteiger partial charge in [-0.25, -0.2) is 9.97 Å². The van der Waals surface area contributed by atoms with Crippen molar-refractivity contribution in [3.05, 3.63) is 16.5 Å². The topological polar surface area (TPSA) is 110 Å². The van der Waals surface area contributed by atoms with Crippen molar-refractivity contribution in [2.24, 2.45) is 15.4 Å². The molecule has 1 aromatic rings. The summed E-state index contributed by atoms with van der Waals surface area (Å²) >= 11 is 0. The van der Waals surface area contributed by atoms with Gasteiger partial charge in [-0.05, 0) is 5.22 Å². The van der Waals surface area contributed by atoms with Gasteiger partial charge >= 0.3 is 0 Å². The van der Waals surface area contributed by atoms with Gasteiger partial charge in [0.2, 0.25) is 11.3 Å². The van der Waals surface area contributed by atoms with Gasteiger partial charge in [0.05, 0.1) is 0 Å². The van der Waals surface area contributed by atoms with Crippen molar-refractivity contribution in [3.8, 4) is 6.07 Å². The fraction of sp³-hybridized carbons (Fsp3) is 0. The molecular weight excluding hydrogens is 170 g/mol. The van der Waals surface area contributed by atoms with E-state index in [9.17, 15) is 0 Å². The van der Waals surface area contributed by atoms with Gasteiger partial charge in [0.1, 0.15) is 6.07 Å². The highest BCUT2D eigenvalue weighted by Gasteiger charge is 2.08. The number of fused-ring (bicyclic) bond motifs is 1. The number of rotatable bonds is 0. The minimum atomic E-state index is 0.00444. The SMILES string of the molecule is N#Cc1nc2c(nc1=C=N)N=NN=2. The van der Waals surface area contributed by atoms with E-state index in [0.717, 1.165) is 0 Å². The van der Waals surface area contributed by atoms with Crippen LogP contribution in [0.25, 0.3) is 0 Å². The van der Waals surface area contributed by atoms with Crippen molar-refractivity contribution in [1.29, 1.82) is 10.7 Å². The van der Waals surface area contributed by atoms with Crippen LogP contribution >= 0.6 is 0 Å². The Morgan fingerprint density at radius 3 is 2.85 bits per heavy atom. The molecule has 2 heterocycles. The minimum absolute atomic E-state index is 0.00444. The number of nitrogens with zero attached hydrogens (tertiary/aromatic N) is 6. The maximum absolute atomic E-state index is 8.60. The zero-order valence-electron chi connectivity index (χ0n) is 6.18. The number of nitriles is 1. The summed E-state index contributed by atoms with van der Waals surface area (Å²) in [6.07, 6.45) is 0. The third-order valence-electron chi connectivity index (χ3n) is 1.36. The predicted molar refractivity (Wildman–Crippen MR) is 38.9 cm³/mol. The number of nitrogens with one attached hydrogen (secondary N) is 1. The van der Waals surface area contributed by atoms with Gasteiger partial charge in [0, 0.05) is 5.87 Å². The van der Waals surface area contributed by atoms with E-state index in [1.54, 1.807) is 6.07 Å². The third kappa shape index (κ3) is 0.982.